The van der Waals surface area contributed by atoms with Crippen molar-refractivity contribution in [2.75, 3.05) is 5.32 Å². The first-order valence-electron chi connectivity index (χ1n) is 3.47. The number of carbonyl (C=O) groups is 1. The summed E-state index contributed by atoms with van der Waals surface area (Å²) in [6.07, 6.45) is 0. The van der Waals surface area contributed by atoms with Gasteiger partial charge in [-0.2, -0.15) is 0 Å². The second-order valence-corrected chi connectivity index (χ2v) is 2.36. The van der Waals surface area contributed by atoms with Crippen LogP contribution < -0.4 is 15.7 Å². The van der Waals surface area contributed by atoms with Crippen LogP contribution in [0.15, 0.2) is 4.52 Å². The maximum atomic E-state index is 10.6. The molecule has 1 heterocycles. The van der Waals surface area contributed by atoms with E-state index in [4.69, 9.17) is 10.3 Å². The van der Waals surface area contributed by atoms with Gasteiger partial charge in [0.1, 0.15) is 0 Å². The molecule has 1 amide bonds. The van der Waals surface area contributed by atoms with Gasteiger partial charge in [0.25, 0.3) is 5.69 Å². The molecule has 0 fully saturated rings. The number of carbonyl (C=O) groups excluding carboxylic acids is 1. The van der Waals surface area contributed by atoms with E-state index >= 15 is 0 Å². The number of nitrogens with two attached hydrogens (primary N) is 1. The lowest BCUT2D eigenvalue weighted by molar-refractivity contribution is -0.745. The molecule has 0 radical (unpaired) electrons. The van der Waals surface area contributed by atoms with Gasteiger partial charge >= 0.3 is 5.88 Å². The highest BCUT2D eigenvalue weighted by Crippen LogP contribution is 2.07. The molecule has 0 aliphatic heterocycles. The highest BCUT2D eigenvalue weighted by Gasteiger charge is 2.19. The van der Waals surface area contributed by atoms with Crippen LogP contribution in [-0.2, 0) is 18.4 Å². The topological polar surface area (TPSA) is 85.0 Å². The van der Waals surface area contributed by atoms with E-state index in [0.717, 1.165) is 0 Å². The first kappa shape index (κ1) is 8.66. The van der Waals surface area contributed by atoms with Crippen molar-refractivity contribution in [3.8, 4) is 0 Å². The second kappa shape index (κ2) is 3.31. The Kier molecular flexibility index (Phi) is 2.39. The van der Waals surface area contributed by atoms with E-state index in [1.165, 1.54) is 11.6 Å². The van der Waals surface area contributed by atoms with Crippen molar-refractivity contribution in [2.45, 2.75) is 13.5 Å². The fourth-order valence-electron chi connectivity index (χ4n) is 0.831. The molecule has 0 saturated carbocycles. The number of anilines is 1. The highest BCUT2D eigenvalue weighted by molar-refractivity contribution is 5.87. The fraction of sp³-hybridized carbons (Fsp3) is 0.500. The molecule has 0 unspecified atom stereocenters. The van der Waals surface area contributed by atoms with Gasteiger partial charge in [-0.15, -0.1) is 0 Å². The second-order valence-electron chi connectivity index (χ2n) is 2.36. The quantitative estimate of drug-likeness (QED) is 0.554. The molecule has 3 N–H and O–H groups in total. The molecule has 6 heteroatoms. The van der Waals surface area contributed by atoms with Crippen LogP contribution in [0.25, 0.3) is 0 Å². The Hall–Kier alpha value is -1.43. The summed E-state index contributed by atoms with van der Waals surface area (Å²) >= 11 is 0. The summed E-state index contributed by atoms with van der Waals surface area (Å²) in [7, 11) is 1.69. The number of aromatic nitrogens is 2. The average Bonchev–Trinajstić information content (AvgIpc) is 2.30. The summed E-state index contributed by atoms with van der Waals surface area (Å²) in [4.78, 5) is 10.6. The molecule has 1 aromatic heterocycles. The van der Waals surface area contributed by atoms with E-state index in [2.05, 4.69) is 10.6 Å². The van der Waals surface area contributed by atoms with E-state index in [0.29, 0.717) is 11.6 Å². The van der Waals surface area contributed by atoms with Crippen LogP contribution in [0.5, 0.6) is 0 Å². The Balaban J connectivity index is 2.91. The molecule has 0 bridgehead atoms. The van der Waals surface area contributed by atoms with Gasteiger partial charge in [0.15, 0.2) is 7.05 Å². The normalized spacial score (nSPS) is 9.92. The molecule has 0 aromatic carbocycles. The minimum Gasteiger partial charge on any atom is -0.321 e. The van der Waals surface area contributed by atoms with E-state index in [-0.39, 0.29) is 12.5 Å². The van der Waals surface area contributed by atoms with Crippen molar-refractivity contribution >= 4 is 11.8 Å². The number of nitrogens with zero attached hydrogens (tertiary/aromatic N) is 2. The molecule has 0 aliphatic carbocycles. The standard InChI is InChI=1S/C6H10N4O2/c1-4(11)8-6-5(3-7)10(2)9-12-6/h3,7H2,1-2H3/p+1. The zero-order chi connectivity index (χ0) is 9.14. The zero-order valence-electron chi connectivity index (χ0n) is 7.00. The predicted molar refractivity (Wildman–Crippen MR) is 39.9 cm³/mol. The molecule has 6 nitrogen and oxygen atoms in total. The highest BCUT2D eigenvalue weighted by atomic mass is 16.5. The van der Waals surface area contributed by atoms with Gasteiger partial charge in [0.2, 0.25) is 11.2 Å². The maximum Gasteiger partial charge on any atom is 0.306 e. The predicted octanol–water partition coefficient (Wildman–Crippen LogP) is -1.08. The van der Waals surface area contributed by atoms with Crippen molar-refractivity contribution in [3.63, 3.8) is 0 Å². The summed E-state index contributed by atoms with van der Waals surface area (Å²) in [6.45, 7) is 1.67. The SMILES string of the molecule is CC(=O)Nc1on[n+](C)c1CN. The summed E-state index contributed by atoms with van der Waals surface area (Å²) in [5, 5.41) is 6.06. The lowest BCUT2D eigenvalue weighted by Crippen LogP contribution is -2.35. The molecular formula is C6H11N4O2+. The summed E-state index contributed by atoms with van der Waals surface area (Å²) in [5.74, 6) is 0.106. The van der Waals surface area contributed by atoms with Crippen LogP contribution in [0.1, 0.15) is 12.6 Å². The number of rotatable bonds is 2. The molecule has 12 heavy (non-hydrogen) atoms. The van der Waals surface area contributed by atoms with Gasteiger partial charge < -0.3 is 5.73 Å². The Morgan fingerprint density at radius 1 is 1.83 bits per heavy atom. The first-order chi connectivity index (χ1) is 5.65. The minimum atomic E-state index is -0.207. The van der Waals surface area contributed by atoms with Crippen LogP contribution in [0.4, 0.5) is 5.88 Å². The average molecular weight is 171 g/mol. The molecule has 1 aromatic rings. The monoisotopic (exact) mass is 171 g/mol. The summed E-state index contributed by atoms with van der Waals surface area (Å²) in [6, 6.07) is 0. The van der Waals surface area contributed by atoms with Gasteiger partial charge in [-0.05, 0) is 4.68 Å². The Labute approximate surface area is 69.3 Å². The van der Waals surface area contributed by atoms with Gasteiger partial charge in [0.05, 0.1) is 6.54 Å². The zero-order valence-corrected chi connectivity index (χ0v) is 7.00. The third-order valence-corrected chi connectivity index (χ3v) is 1.39. The largest absolute Gasteiger partial charge is 0.321 e. The Bertz CT molecular complexity index is 294. The number of nitrogens with one attached hydrogen (secondary N) is 1. The third kappa shape index (κ3) is 1.59. The van der Waals surface area contributed by atoms with Crippen molar-refractivity contribution < 1.29 is 14.0 Å². The van der Waals surface area contributed by atoms with Gasteiger partial charge in [-0.3, -0.25) is 14.6 Å². The van der Waals surface area contributed by atoms with Crippen molar-refractivity contribution in [1.82, 2.24) is 5.27 Å². The van der Waals surface area contributed by atoms with Crippen LogP contribution in [0, 0.1) is 0 Å². The van der Waals surface area contributed by atoms with E-state index in [1.54, 1.807) is 7.05 Å². The lowest BCUT2D eigenvalue weighted by atomic mass is 10.4. The number of hydrogen-bond acceptors (Lipinski definition) is 4. The molecule has 0 spiro atoms. The molecule has 66 valence electrons. The number of aryl methyl sites for hydroxylation is 1. The van der Waals surface area contributed by atoms with Crippen molar-refractivity contribution in [3.05, 3.63) is 5.69 Å². The fourth-order valence-corrected chi connectivity index (χ4v) is 0.831. The third-order valence-electron chi connectivity index (χ3n) is 1.39. The van der Waals surface area contributed by atoms with E-state index < -0.39 is 0 Å². The van der Waals surface area contributed by atoms with Crippen LogP contribution in [0.3, 0.4) is 0 Å². The Morgan fingerprint density at radius 2 is 2.50 bits per heavy atom. The molecule has 0 atom stereocenters. The lowest BCUT2D eigenvalue weighted by Gasteiger charge is -1.92. The molecule has 0 saturated heterocycles. The first-order valence-corrected chi connectivity index (χ1v) is 3.47. The van der Waals surface area contributed by atoms with Gasteiger partial charge in [-0.25, -0.2) is 0 Å². The van der Waals surface area contributed by atoms with E-state index in [9.17, 15) is 4.79 Å². The van der Waals surface area contributed by atoms with E-state index in [1.807, 2.05) is 0 Å². The van der Waals surface area contributed by atoms with Gasteiger partial charge in [0, 0.05) is 6.92 Å². The molecule has 0 aliphatic rings. The smallest absolute Gasteiger partial charge is 0.306 e. The maximum absolute atomic E-state index is 10.6. The van der Waals surface area contributed by atoms with Crippen LogP contribution >= 0.6 is 0 Å². The minimum absolute atomic E-state index is 0.207. The number of amides is 1. The van der Waals surface area contributed by atoms with Crippen LogP contribution in [0.2, 0.25) is 0 Å². The molecular weight excluding hydrogens is 160 g/mol. The summed E-state index contributed by atoms with van der Waals surface area (Å²) < 4.78 is 6.28. The van der Waals surface area contributed by atoms with Crippen molar-refractivity contribution in [2.24, 2.45) is 12.8 Å². The van der Waals surface area contributed by atoms with Gasteiger partial charge in [-0.1, -0.05) is 0 Å². The van der Waals surface area contributed by atoms with Crippen molar-refractivity contribution in [1.29, 1.82) is 0 Å². The number of hydrogen-bond donors (Lipinski definition) is 2. The molecule has 1 rings (SSSR count). The Morgan fingerprint density at radius 3 is 3.00 bits per heavy atom. The van der Waals surface area contributed by atoms with Crippen LogP contribution in [-0.4, -0.2) is 11.2 Å². The summed E-state index contributed by atoms with van der Waals surface area (Å²) in [5.41, 5.74) is 6.06.